The lowest BCUT2D eigenvalue weighted by atomic mass is 10.1. The highest BCUT2D eigenvalue weighted by atomic mass is 19.1. The fourth-order valence-corrected chi connectivity index (χ4v) is 4.24. The van der Waals surface area contributed by atoms with Gasteiger partial charge in [-0.15, -0.1) is 0 Å². The minimum atomic E-state index is -0.458. The maximum Gasteiger partial charge on any atom is 0.261 e. The number of rotatable bonds is 6. The monoisotopic (exact) mass is 493 g/mol. The third-order valence-corrected chi connectivity index (χ3v) is 6.12. The zero-order valence-electron chi connectivity index (χ0n) is 20.3. The van der Waals surface area contributed by atoms with E-state index in [0.717, 1.165) is 16.8 Å². The lowest BCUT2D eigenvalue weighted by Gasteiger charge is -2.11. The summed E-state index contributed by atoms with van der Waals surface area (Å²) < 4.78 is 14.8. The van der Waals surface area contributed by atoms with Gasteiger partial charge in [0.15, 0.2) is 0 Å². The van der Waals surface area contributed by atoms with E-state index in [1.54, 1.807) is 36.1 Å². The van der Waals surface area contributed by atoms with Crippen LogP contribution in [0.15, 0.2) is 90.5 Å². The van der Waals surface area contributed by atoms with Gasteiger partial charge < -0.3 is 20.2 Å². The molecule has 0 saturated heterocycles. The number of carbonyl (C=O) groups is 1. The molecule has 2 aromatic carbocycles. The van der Waals surface area contributed by atoms with E-state index in [1.165, 1.54) is 24.3 Å². The second-order valence-corrected chi connectivity index (χ2v) is 8.71. The van der Waals surface area contributed by atoms with E-state index in [9.17, 15) is 14.0 Å². The van der Waals surface area contributed by atoms with Gasteiger partial charge in [-0.2, -0.15) is 0 Å². The van der Waals surface area contributed by atoms with E-state index in [-0.39, 0.29) is 11.1 Å². The van der Waals surface area contributed by atoms with Crippen molar-refractivity contribution in [2.75, 3.05) is 10.6 Å². The van der Waals surface area contributed by atoms with E-state index in [1.807, 2.05) is 37.3 Å². The van der Waals surface area contributed by atoms with E-state index < -0.39 is 11.7 Å². The molecule has 0 radical (unpaired) electrons. The van der Waals surface area contributed by atoms with E-state index in [0.29, 0.717) is 33.7 Å². The van der Waals surface area contributed by atoms with Crippen molar-refractivity contribution < 1.29 is 9.18 Å². The third-order valence-electron chi connectivity index (χ3n) is 6.12. The van der Waals surface area contributed by atoms with Gasteiger partial charge >= 0.3 is 0 Å². The number of nitrogens with zero attached hydrogens (tertiary/aromatic N) is 2. The summed E-state index contributed by atoms with van der Waals surface area (Å²) in [6, 6.07) is 18.6. The minimum Gasteiger partial charge on any atom is -0.353 e. The molecule has 0 aliphatic carbocycles. The largest absolute Gasteiger partial charge is 0.353 e. The first-order valence-corrected chi connectivity index (χ1v) is 11.6. The van der Waals surface area contributed by atoms with Gasteiger partial charge in [-0.1, -0.05) is 36.9 Å². The Morgan fingerprint density at radius 1 is 1.08 bits per heavy atom. The van der Waals surface area contributed by atoms with Crippen molar-refractivity contribution in [2.24, 2.45) is 7.05 Å². The average molecular weight is 494 g/mol. The van der Waals surface area contributed by atoms with Crippen molar-refractivity contribution in [1.82, 2.24) is 14.5 Å². The first-order chi connectivity index (χ1) is 17.8. The van der Waals surface area contributed by atoms with Crippen LogP contribution in [0.2, 0.25) is 0 Å². The summed E-state index contributed by atoms with van der Waals surface area (Å²) in [4.78, 5) is 33.7. The van der Waals surface area contributed by atoms with Crippen LogP contribution in [0.3, 0.4) is 0 Å². The van der Waals surface area contributed by atoms with Gasteiger partial charge in [0.25, 0.3) is 11.5 Å². The maximum absolute atomic E-state index is 13.3. The molecule has 3 N–H and O–H groups in total. The molecule has 0 aliphatic rings. The van der Waals surface area contributed by atoms with Gasteiger partial charge in [0.2, 0.25) is 0 Å². The zero-order chi connectivity index (χ0) is 26.1. The van der Waals surface area contributed by atoms with Crippen LogP contribution in [0.1, 0.15) is 11.1 Å². The number of para-hydroxylation sites is 1. The van der Waals surface area contributed by atoms with Crippen LogP contribution in [0.5, 0.6) is 0 Å². The standard InChI is InChI=1S/C29H24FN5O2/c1-17-16-35(3)29(37)24-25(17)34-26(27(24)32-22-7-5-4-6-8-22)20-13-14-31-23(15-20)33-28(36)18(2)19-9-11-21(30)12-10-19/h4-16,32,34H,2H2,1,3H3,(H,31,33,36). The molecule has 0 bridgehead atoms. The number of hydrogen-bond donors (Lipinski definition) is 3. The molecular formula is C29H24FN5O2. The molecular weight excluding hydrogens is 469 g/mol. The highest BCUT2D eigenvalue weighted by Gasteiger charge is 2.20. The minimum absolute atomic E-state index is 0.139. The number of aryl methyl sites for hydroxylation is 2. The Kier molecular flexibility index (Phi) is 6.15. The van der Waals surface area contributed by atoms with Crippen LogP contribution in [-0.2, 0) is 11.8 Å². The summed E-state index contributed by atoms with van der Waals surface area (Å²) in [6.45, 7) is 5.77. The topological polar surface area (TPSA) is 91.8 Å². The van der Waals surface area contributed by atoms with Gasteiger partial charge in [0.05, 0.1) is 22.3 Å². The fourth-order valence-electron chi connectivity index (χ4n) is 4.24. The second-order valence-electron chi connectivity index (χ2n) is 8.71. The Labute approximate surface area is 212 Å². The van der Waals surface area contributed by atoms with Crippen molar-refractivity contribution in [3.63, 3.8) is 0 Å². The molecule has 3 heterocycles. The molecule has 7 nitrogen and oxygen atoms in total. The Hall–Kier alpha value is -4.98. The molecule has 0 fully saturated rings. The van der Waals surface area contributed by atoms with Crippen LogP contribution in [0.4, 0.5) is 21.6 Å². The van der Waals surface area contributed by atoms with E-state index in [2.05, 4.69) is 27.2 Å². The van der Waals surface area contributed by atoms with Gasteiger partial charge in [-0.25, -0.2) is 9.37 Å². The molecule has 0 unspecified atom stereocenters. The maximum atomic E-state index is 13.3. The molecule has 184 valence electrons. The quantitative estimate of drug-likeness (QED) is 0.262. The molecule has 8 heteroatoms. The first-order valence-electron chi connectivity index (χ1n) is 11.6. The average Bonchev–Trinajstić information content (AvgIpc) is 3.28. The summed E-state index contributed by atoms with van der Waals surface area (Å²) in [6.07, 6.45) is 3.37. The number of halogens is 1. The molecule has 0 aliphatic heterocycles. The molecule has 0 saturated carbocycles. The van der Waals surface area contributed by atoms with Crippen LogP contribution in [0.25, 0.3) is 27.7 Å². The summed E-state index contributed by atoms with van der Waals surface area (Å²) in [7, 11) is 1.72. The first kappa shape index (κ1) is 23.7. The predicted molar refractivity (Wildman–Crippen MR) is 145 cm³/mol. The second kappa shape index (κ2) is 9.58. The van der Waals surface area contributed by atoms with E-state index in [4.69, 9.17) is 0 Å². The number of H-pyrrole nitrogens is 1. The number of carbonyl (C=O) groups excluding carboxylic acids is 1. The predicted octanol–water partition coefficient (Wildman–Crippen LogP) is 5.77. The number of aromatic nitrogens is 3. The number of fused-ring (bicyclic) bond motifs is 1. The molecule has 1 amide bonds. The van der Waals surface area contributed by atoms with Crippen molar-refractivity contribution in [2.45, 2.75) is 6.92 Å². The van der Waals surface area contributed by atoms with Crippen molar-refractivity contribution >= 4 is 39.6 Å². The summed E-state index contributed by atoms with van der Waals surface area (Å²) in [5.74, 6) is -0.547. The fraction of sp³-hybridized carbons (Fsp3) is 0.0690. The number of anilines is 3. The lowest BCUT2D eigenvalue weighted by molar-refractivity contribution is -0.111. The molecule has 0 atom stereocenters. The van der Waals surface area contributed by atoms with Crippen LogP contribution in [0, 0.1) is 12.7 Å². The number of hydrogen-bond acceptors (Lipinski definition) is 4. The normalized spacial score (nSPS) is 10.9. The molecule has 0 spiro atoms. The van der Waals surface area contributed by atoms with Crippen molar-refractivity contribution in [3.05, 3.63) is 113 Å². The number of benzene rings is 2. The Balaban J connectivity index is 1.55. The van der Waals surface area contributed by atoms with Crippen molar-refractivity contribution in [3.8, 4) is 11.3 Å². The number of pyridine rings is 2. The van der Waals surface area contributed by atoms with Crippen molar-refractivity contribution in [1.29, 1.82) is 0 Å². The Morgan fingerprint density at radius 2 is 1.81 bits per heavy atom. The number of amides is 1. The Morgan fingerprint density at radius 3 is 2.54 bits per heavy atom. The molecule has 5 aromatic rings. The Bertz CT molecular complexity index is 1700. The van der Waals surface area contributed by atoms with E-state index >= 15 is 0 Å². The zero-order valence-corrected chi connectivity index (χ0v) is 20.3. The highest BCUT2D eigenvalue weighted by molar-refractivity contribution is 6.24. The van der Waals surface area contributed by atoms with Crippen LogP contribution in [-0.4, -0.2) is 20.4 Å². The third kappa shape index (κ3) is 4.64. The summed E-state index contributed by atoms with van der Waals surface area (Å²) in [5.41, 5.74) is 5.04. The molecule has 3 aromatic heterocycles. The van der Waals surface area contributed by atoms with Gasteiger partial charge in [0.1, 0.15) is 11.6 Å². The van der Waals surface area contributed by atoms with Crippen LogP contribution < -0.4 is 16.2 Å². The SMILES string of the molecule is C=C(C(=O)Nc1cc(-c2[nH]c3c(C)cn(C)c(=O)c3c2Nc2ccccc2)ccn1)c1ccc(F)cc1. The van der Waals surface area contributed by atoms with Gasteiger partial charge in [-0.3, -0.25) is 9.59 Å². The summed E-state index contributed by atoms with van der Waals surface area (Å²) in [5, 5.41) is 6.69. The summed E-state index contributed by atoms with van der Waals surface area (Å²) >= 11 is 0. The number of nitrogens with one attached hydrogen (secondary N) is 3. The smallest absolute Gasteiger partial charge is 0.261 e. The lowest BCUT2D eigenvalue weighted by Crippen LogP contribution is -2.17. The molecule has 5 rings (SSSR count). The molecule has 37 heavy (non-hydrogen) atoms. The number of aromatic amines is 1. The highest BCUT2D eigenvalue weighted by Crippen LogP contribution is 2.37. The van der Waals surface area contributed by atoms with Gasteiger partial charge in [-0.05, 0) is 54.4 Å². The van der Waals surface area contributed by atoms with Crippen LogP contribution >= 0.6 is 0 Å². The van der Waals surface area contributed by atoms with Gasteiger partial charge in [0, 0.05) is 36.3 Å².